The highest BCUT2D eigenvalue weighted by molar-refractivity contribution is 5.95. The lowest BCUT2D eigenvalue weighted by molar-refractivity contribution is -0.122. The van der Waals surface area contributed by atoms with Crippen LogP contribution in [0.2, 0.25) is 0 Å². The summed E-state index contributed by atoms with van der Waals surface area (Å²) in [5.41, 5.74) is 1.21. The molecule has 3 N–H and O–H groups in total. The molecular weight excluding hydrogens is 342 g/mol. The lowest BCUT2D eigenvalue weighted by Crippen LogP contribution is -2.35. The molecule has 0 saturated heterocycles. The fourth-order valence-electron chi connectivity index (χ4n) is 3.36. The second kappa shape index (κ2) is 11.4. The Labute approximate surface area is 161 Å². The zero-order valence-electron chi connectivity index (χ0n) is 16.2. The van der Waals surface area contributed by atoms with Crippen LogP contribution in [0.5, 0.6) is 0 Å². The van der Waals surface area contributed by atoms with E-state index in [1.54, 1.807) is 24.3 Å². The van der Waals surface area contributed by atoms with Crippen molar-refractivity contribution < 1.29 is 14.4 Å². The predicted molar refractivity (Wildman–Crippen MR) is 107 cm³/mol. The summed E-state index contributed by atoms with van der Waals surface area (Å²) in [5.74, 6) is 0.370. The van der Waals surface area contributed by atoms with Crippen LogP contribution in [0, 0.1) is 5.92 Å². The molecule has 27 heavy (non-hydrogen) atoms. The number of amides is 3. The fourth-order valence-corrected chi connectivity index (χ4v) is 3.36. The Morgan fingerprint density at radius 3 is 2.26 bits per heavy atom. The van der Waals surface area contributed by atoms with Crippen molar-refractivity contribution in [2.24, 2.45) is 5.92 Å². The molecule has 3 amide bonds. The monoisotopic (exact) mass is 373 g/mol. The molecule has 0 aromatic heterocycles. The zero-order valence-corrected chi connectivity index (χ0v) is 16.2. The summed E-state index contributed by atoms with van der Waals surface area (Å²) in [5, 5.41) is 8.46. The quantitative estimate of drug-likeness (QED) is 0.581. The van der Waals surface area contributed by atoms with Gasteiger partial charge in [-0.05, 0) is 49.4 Å². The minimum atomic E-state index is -0.192. The van der Waals surface area contributed by atoms with Crippen LogP contribution in [0.25, 0.3) is 0 Å². The van der Waals surface area contributed by atoms with Gasteiger partial charge in [0.15, 0.2) is 0 Å². The van der Waals surface area contributed by atoms with Crippen molar-refractivity contribution in [1.82, 2.24) is 10.6 Å². The molecular formula is C21H31N3O3. The lowest BCUT2D eigenvalue weighted by atomic mass is 9.87. The van der Waals surface area contributed by atoms with Gasteiger partial charge in [0.1, 0.15) is 0 Å². The van der Waals surface area contributed by atoms with E-state index in [0.29, 0.717) is 43.1 Å². The van der Waals surface area contributed by atoms with Gasteiger partial charge >= 0.3 is 0 Å². The predicted octanol–water partition coefficient (Wildman–Crippen LogP) is 3.24. The molecule has 0 radical (unpaired) electrons. The first-order chi connectivity index (χ1) is 13.1. The summed E-state index contributed by atoms with van der Waals surface area (Å²) in [6, 6.07) is 6.79. The molecule has 1 fully saturated rings. The summed E-state index contributed by atoms with van der Waals surface area (Å²) in [6.45, 7) is 2.78. The highest BCUT2D eigenvalue weighted by atomic mass is 16.2. The number of anilines is 1. The van der Waals surface area contributed by atoms with Crippen LogP contribution in [-0.2, 0) is 9.59 Å². The first-order valence-corrected chi connectivity index (χ1v) is 10.0. The van der Waals surface area contributed by atoms with E-state index in [2.05, 4.69) is 16.0 Å². The van der Waals surface area contributed by atoms with Crippen molar-refractivity contribution in [3.63, 3.8) is 0 Å². The van der Waals surface area contributed by atoms with Crippen molar-refractivity contribution >= 4 is 23.4 Å². The van der Waals surface area contributed by atoms with Crippen LogP contribution in [-0.4, -0.2) is 30.8 Å². The highest BCUT2D eigenvalue weighted by Gasteiger charge is 2.16. The second-order valence-electron chi connectivity index (χ2n) is 7.19. The first kappa shape index (κ1) is 20.9. The molecule has 6 nitrogen and oxygen atoms in total. The molecule has 1 aliphatic carbocycles. The molecule has 1 aliphatic rings. The van der Waals surface area contributed by atoms with Crippen LogP contribution in [0.3, 0.4) is 0 Å². The summed E-state index contributed by atoms with van der Waals surface area (Å²) in [7, 11) is 0. The Balaban J connectivity index is 1.64. The van der Waals surface area contributed by atoms with Gasteiger partial charge in [0.2, 0.25) is 11.8 Å². The summed E-state index contributed by atoms with van der Waals surface area (Å²) in [4.78, 5) is 35.6. The highest BCUT2D eigenvalue weighted by Crippen LogP contribution is 2.25. The second-order valence-corrected chi connectivity index (χ2v) is 7.19. The number of nitrogens with one attached hydrogen (secondary N) is 3. The van der Waals surface area contributed by atoms with Gasteiger partial charge < -0.3 is 16.0 Å². The standard InChI is InChI=1S/C21H31N3O3/c1-2-6-19(25)24-18-11-9-17(10-12-18)21(27)23-14-13-22-20(26)15-16-7-4-3-5-8-16/h9-12,16H,2-8,13-15H2,1H3,(H,22,26)(H,23,27)(H,24,25). The maximum Gasteiger partial charge on any atom is 0.251 e. The molecule has 0 spiro atoms. The van der Waals surface area contributed by atoms with E-state index in [4.69, 9.17) is 0 Å². The van der Waals surface area contributed by atoms with Crippen LogP contribution >= 0.6 is 0 Å². The van der Waals surface area contributed by atoms with Crippen LogP contribution in [0.15, 0.2) is 24.3 Å². The largest absolute Gasteiger partial charge is 0.354 e. The van der Waals surface area contributed by atoms with Gasteiger partial charge in [0.05, 0.1) is 0 Å². The summed E-state index contributed by atoms with van der Waals surface area (Å²) in [6.07, 6.45) is 7.93. The third kappa shape index (κ3) is 7.81. The number of hydrogen-bond donors (Lipinski definition) is 3. The number of carbonyl (C=O) groups is 3. The number of benzene rings is 1. The van der Waals surface area contributed by atoms with E-state index < -0.39 is 0 Å². The molecule has 0 atom stereocenters. The van der Waals surface area contributed by atoms with Gasteiger partial charge in [0, 0.05) is 37.2 Å². The van der Waals surface area contributed by atoms with Gasteiger partial charge in [0.25, 0.3) is 5.91 Å². The smallest absolute Gasteiger partial charge is 0.251 e. The summed E-state index contributed by atoms with van der Waals surface area (Å²) >= 11 is 0. The average Bonchev–Trinajstić information content (AvgIpc) is 2.66. The number of rotatable bonds is 9. The Morgan fingerprint density at radius 2 is 1.59 bits per heavy atom. The van der Waals surface area contributed by atoms with E-state index in [1.807, 2.05) is 6.92 Å². The number of hydrogen-bond acceptors (Lipinski definition) is 3. The normalized spacial score (nSPS) is 14.4. The average molecular weight is 373 g/mol. The van der Waals surface area contributed by atoms with Gasteiger partial charge in [-0.2, -0.15) is 0 Å². The SMILES string of the molecule is CCCC(=O)Nc1ccc(C(=O)NCCNC(=O)CC2CCCCC2)cc1. The van der Waals surface area contributed by atoms with Gasteiger partial charge in [-0.25, -0.2) is 0 Å². The molecule has 0 aliphatic heterocycles. The molecule has 148 valence electrons. The molecule has 0 heterocycles. The minimum Gasteiger partial charge on any atom is -0.354 e. The molecule has 1 aromatic carbocycles. The Morgan fingerprint density at radius 1 is 0.926 bits per heavy atom. The first-order valence-electron chi connectivity index (χ1n) is 10.0. The third-order valence-corrected chi connectivity index (χ3v) is 4.84. The van der Waals surface area contributed by atoms with Gasteiger partial charge in [-0.1, -0.05) is 26.2 Å². The third-order valence-electron chi connectivity index (χ3n) is 4.84. The zero-order chi connectivity index (χ0) is 19.5. The molecule has 1 aromatic rings. The lowest BCUT2D eigenvalue weighted by Gasteiger charge is -2.20. The molecule has 1 saturated carbocycles. The Hall–Kier alpha value is -2.37. The van der Waals surface area contributed by atoms with E-state index in [0.717, 1.165) is 19.3 Å². The van der Waals surface area contributed by atoms with Crippen LogP contribution in [0.1, 0.15) is 68.6 Å². The molecule has 6 heteroatoms. The Kier molecular flexibility index (Phi) is 8.81. The molecule has 2 rings (SSSR count). The van der Waals surface area contributed by atoms with Gasteiger partial charge in [-0.3, -0.25) is 14.4 Å². The van der Waals surface area contributed by atoms with Crippen molar-refractivity contribution in [1.29, 1.82) is 0 Å². The summed E-state index contributed by atoms with van der Waals surface area (Å²) < 4.78 is 0. The van der Waals surface area contributed by atoms with E-state index in [9.17, 15) is 14.4 Å². The van der Waals surface area contributed by atoms with E-state index >= 15 is 0 Å². The van der Waals surface area contributed by atoms with Crippen LogP contribution < -0.4 is 16.0 Å². The number of carbonyl (C=O) groups excluding carboxylic acids is 3. The fraction of sp³-hybridized carbons (Fsp3) is 0.571. The molecule has 0 bridgehead atoms. The maximum absolute atomic E-state index is 12.1. The van der Waals surface area contributed by atoms with Crippen molar-refractivity contribution in [2.75, 3.05) is 18.4 Å². The van der Waals surface area contributed by atoms with Crippen molar-refractivity contribution in [3.05, 3.63) is 29.8 Å². The van der Waals surface area contributed by atoms with Gasteiger partial charge in [-0.15, -0.1) is 0 Å². The van der Waals surface area contributed by atoms with Crippen molar-refractivity contribution in [2.45, 2.75) is 58.3 Å². The van der Waals surface area contributed by atoms with Crippen molar-refractivity contribution in [3.8, 4) is 0 Å². The minimum absolute atomic E-state index is 0.0290. The topological polar surface area (TPSA) is 87.3 Å². The van der Waals surface area contributed by atoms with E-state index in [-0.39, 0.29) is 17.7 Å². The Bertz CT molecular complexity index is 622. The van der Waals surface area contributed by atoms with Crippen LogP contribution in [0.4, 0.5) is 5.69 Å². The van der Waals surface area contributed by atoms with E-state index in [1.165, 1.54) is 19.3 Å². The maximum atomic E-state index is 12.1. The molecule has 0 unspecified atom stereocenters.